The molecule has 0 bridgehead atoms. The highest BCUT2D eigenvalue weighted by Gasteiger charge is 2.27. The Morgan fingerprint density at radius 2 is 1.82 bits per heavy atom. The molecular weight excluding hydrogens is 366 g/mol. The zero-order valence-corrected chi connectivity index (χ0v) is 15.4. The number of aromatic nitrogens is 2. The minimum atomic E-state index is -0.906. The molecule has 28 heavy (non-hydrogen) atoms. The molecule has 2 amide bonds. The summed E-state index contributed by atoms with van der Waals surface area (Å²) in [6.07, 6.45) is 0.607. The van der Waals surface area contributed by atoms with Crippen LogP contribution >= 0.6 is 0 Å². The highest BCUT2D eigenvalue weighted by molar-refractivity contribution is 6.01. The summed E-state index contributed by atoms with van der Waals surface area (Å²) in [5, 5.41) is 5.22. The van der Waals surface area contributed by atoms with Crippen molar-refractivity contribution in [3.63, 3.8) is 0 Å². The third-order valence-electron chi connectivity index (χ3n) is 4.54. The van der Waals surface area contributed by atoms with Gasteiger partial charge < -0.3 is 10.3 Å². The Balaban J connectivity index is 1.78. The summed E-state index contributed by atoms with van der Waals surface area (Å²) >= 11 is 0. The van der Waals surface area contributed by atoms with Crippen molar-refractivity contribution in [2.24, 2.45) is 5.92 Å². The molecule has 3 rings (SSSR count). The number of hydrogen-bond donors (Lipinski definition) is 3. The summed E-state index contributed by atoms with van der Waals surface area (Å²) in [5.41, 5.74) is 1.26. The van der Waals surface area contributed by atoms with E-state index in [-0.39, 0.29) is 17.4 Å². The van der Waals surface area contributed by atoms with Crippen LogP contribution in [0.3, 0.4) is 0 Å². The van der Waals surface area contributed by atoms with Crippen LogP contribution in [0.5, 0.6) is 0 Å². The van der Waals surface area contributed by atoms with Gasteiger partial charge >= 0.3 is 0 Å². The lowest BCUT2D eigenvalue weighted by Crippen LogP contribution is -2.47. The zero-order valence-electron chi connectivity index (χ0n) is 15.4. The van der Waals surface area contributed by atoms with Crippen molar-refractivity contribution >= 4 is 28.8 Å². The van der Waals surface area contributed by atoms with E-state index in [0.717, 1.165) is 17.6 Å². The number of aromatic amines is 1. The highest BCUT2D eigenvalue weighted by Crippen LogP contribution is 2.16. The number of amides is 2. The number of carbonyl (C=O) groups is 2. The third-order valence-corrected chi connectivity index (χ3v) is 4.54. The number of rotatable bonds is 6. The Morgan fingerprint density at radius 3 is 2.46 bits per heavy atom. The van der Waals surface area contributed by atoms with Gasteiger partial charge in [0.05, 0.1) is 11.0 Å². The van der Waals surface area contributed by atoms with Gasteiger partial charge in [0.15, 0.2) is 0 Å². The van der Waals surface area contributed by atoms with Crippen molar-refractivity contribution in [1.29, 1.82) is 0 Å². The second-order valence-electron chi connectivity index (χ2n) is 6.59. The Labute approximate surface area is 160 Å². The molecule has 146 valence electrons. The van der Waals surface area contributed by atoms with Crippen molar-refractivity contribution in [1.82, 2.24) is 15.3 Å². The number of anilines is 1. The number of H-pyrrole nitrogens is 1. The number of imidazole rings is 1. The maximum Gasteiger partial charge on any atom is 0.252 e. The number of hydrogen-bond acceptors (Lipinski definition) is 3. The van der Waals surface area contributed by atoms with Crippen LogP contribution in [0, 0.1) is 17.6 Å². The van der Waals surface area contributed by atoms with E-state index in [9.17, 15) is 18.4 Å². The smallest absolute Gasteiger partial charge is 0.252 e. The quantitative estimate of drug-likeness (QED) is 0.605. The first-order valence-corrected chi connectivity index (χ1v) is 8.90. The van der Waals surface area contributed by atoms with Gasteiger partial charge in [0.1, 0.15) is 17.7 Å². The van der Waals surface area contributed by atoms with E-state index >= 15 is 0 Å². The lowest BCUT2D eigenvalue weighted by atomic mass is 9.98. The Hall–Kier alpha value is -3.29. The van der Waals surface area contributed by atoms with Gasteiger partial charge in [-0.25, -0.2) is 13.8 Å². The first-order chi connectivity index (χ1) is 13.4. The normalized spacial score (nSPS) is 13.1. The molecule has 0 aliphatic rings. The van der Waals surface area contributed by atoms with Gasteiger partial charge in [-0.05, 0) is 30.2 Å². The molecule has 0 aliphatic heterocycles. The van der Waals surface area contributed by atoms with Crippen LogP contribution in [0.25, 0.3) is 11.0 Å². The summed E-state index contributed by atoms with van der Waals surface area (Å²) in [4.78, 5) is 32.5. The maximum atomic E-state index is 13.4. The molecule has 0 fully saturated rings. The van der Waals surface area contributed by atoms with Crippen LogP contribution in [0.4, 0.5) is 14.7 Å². The van der Waals surface area contributed by atoms with Gasteiger partial charge in [-0.15, -0.1) is 0 Å². The fourth-order valence-corrected chi connectivity index (χ4v) is 2.82. The molecular formula is C20H20F2N4O2. The average Bonchev–Trinajstić information content (AvgIpc) is 3.06. The molecule has 0 saturated carbocycles. The molecule has 6 nitrogen and oxygen atoms in total. The summed E-state index contributed by atoms with van der Waals surface area (Å²) in [6, 6.07) is 8.90. The van der Waals surface area contributed by atoms with Crippen LogP contribution in [-0.2, 0) is 4.79 Å². The first-order valence-electron chi connectivity index (χ1n) is 8.90. The first kappa shape index (κ1) is 19.5. The molecule has 0 saturated heterocycles. The van der Waals surface area contributed by atoms with Crippen LogP contribution in [0.1, 0.15) is 30.6 Å². The minimum absolute atomic E-state index is 0.192. The molecule has 0 radical (unpaired) electrons. The van der Waals surface area contributed by atoms with Crippen molar-refractivity contribution in [3.8, 4) is 0 Å². The van der Waals surface area contributed by atoms with E-state index in [1.165, 1.54) is 0 Å². The lowest BCUT2D eigenvalue weighted by molar-refractivity contribution is -0.119. The Bertz CT molecular complexity index is 965. The van der Waals surface area contributed by atoms with E-state index in [1.807, 2.05) is 25.1 Å². The van der Waals surface area contributed by atoms with Crippen LogP contribution in [0.15, 0.2) is 42.5 Å². The molecule has 8 heteroatoms. The van der Waals surface area contributed by atoms with E-state index in [4.69, 9.17) is 0 Å². The largest absolute Gasteiger partial charge is 0.340 e. The Kier molecular flexibility index (Phi) is 5.67. The van der Waals surface area contributed by atoms with Crippen LogP contribution in [-0.4, -0.2) is 27.8 Å². The molecule has 0 spiro atoms. The van der Waals surface area contributed by atoms with Gasteiger partial charge in [-0.2, -0.15) is 0 Å². The molecule has 3 N–H and O–H groups in total. The summed E-state index contributed by atoms with van der Waals surface area (Å²) in [7, 11) is 0. The fraction of sp³-hybridized carbons (Fsp3) is 0.250. The van der Waals surface area contributed by atoms with E-state index < -0.39 is 29.5 Å². The lowest BCUT2D eigenvalue weighted by Gasteiger charge is -2.23. The van der Waals surface area contributed by atoms with E-state index in [0.29, 0.717) is 18.0 Å². The third kappa shape index (κ3) is 4.33. The standard InChI is InChI=1S/C20H20F2N4O2/c1-3-11(2)17(25-18(27)12-8-13(21)10-14(22)9-12)19(28)26-20-23-15-6-4-5-7-16(15)24-20/h4-11,17H,3H2,1-2H3,(H,25,27)(H2,23,24,26,28)/t11-,17+/m0/s1. The number of fused-ring (bicyclic) bond motifs is 1. The molecule has 0 unspecified atom stereocenters. The molecule has 2 atom stereocenters. The van der Waals surface area contributed by atoms with E-state index in [1.54, 1.807) is 13.0 Å². The number of halogens is 2. The van der Waals surface area contributed by atoms with Crippen molar-refractivity contribution < 1.29 is 18.4 Å². The minimum Gasteiger partial charge on any atom is -0.340 e. The molecule has 0 aliphatic carbocycles. The Morgan fingerprint density at radius 1 is 1.14 bits per heavy atom. The number of benzene rings is 2. The molecule has 1 heterocycles. The van der Waals surface area contributed by atoms with Crippen LogP contribution in [0.2, 0.25) is 0 Å². The molecule has 1 aromatic heterocycles. The van der Waals surface area contributed by atoms with Crippen molar-refractivity contribution in [2.45, 2.75) is 26.3 Å². The topological polar surface area (TPSA) is 86.9 Å². The van der Waals surface area contributed by atoms with Crippen LogP contribution < -0.4 is 10.6 Å². The van der Waals surface area contributed by atoms with Gasteiger partial charge in [0.25, 0.3) is 5.91 Å². The highest BCUT2D eigenvalue weighted by atomic mass is 19.1. The predicted octanol–water partition coefficient (Wildman–Crippen LogP) is 3.62. The van der Waals surface area contributed by atoms with Crippen molar-refractivity contribution in [2.75, 3.05) is 5.32 Å². The zero-order chi connectivity index (χ0) is 20.3. The number of carbonyl (C=O) groups excluding carboxylic acids is 2. The van der Waals surface area contributed by atoms with Gasteiger partial charge in [-0.1, -0.05) is 32.4 Å². The SMILES string of the molecule is CC[C@H](C)[C@@H](NC(=O)c1cc(F)cc(F)c1)C(=O)Nc1nc2ccccc2[nH]1. The molecule has 3 aromatic rings. The average molecular weight is 386 g/mol. The summed E-state index contributed by atoms with van der Waals surface area (Å²) < 4.78 is 26.8. The van der Waals surface area contributed by atoms with E-state index in [2.05, 4.69) is 20.6 Å². The monoisotopic (exact) mass is 386 g/mol. The number of nitrogens with one attached hydrogen (secondary N) is 3. The number of para-hydroxylation sites is 2. The van der Waals surface area contributed by atoms with Crippen molar-refractivity contribution in [3.05, 3.63) is 59.7 Å². The summed E-state index contributed by atoms with van der Waals surface area (Å²) in [5.74, 6) is -2.90. The van der Waals surface area contributed by atoms with Gasteiger partial charge in [0, 0.05) is 11.6 Å². The maximum absolute atomic E-state index is 13.4. The summed E-state index contributed by atoms with van der Waals surface area (Å²) in [6.45, 7) is 3.68. The number of nitrogens with zero attached hydrogens (tertiary/aromatic N) is 1. The second kappa shape index (κ2) is 8.16. The fourth-order valence-electron chi connectivity index (χ4n) is 2.82. The second-order valence-corrected chi connectivity index (χ2v) is 6.59. The van der Waals surface area contributed by atoms with Gasteiger partial charge in [0.2, 0.25) is 11.9 Å². The molecule has 2 aromatic carbocycles. The predicted molar refractivity (Wildman–Crippen MR) is 102 cm³/mol. The van der Waals surface area contributed by atoms with Gasteiger partial charge in [-0.3, -0.25) is 14.9 Å².